The maximum Gasteiger partial charge on any atom is 0.345 e. The third-order valence-electron chi connectivity index (χ3n) is 5.15. The van der Waals surface area contributed by atoms with Crippen LogP contribution in [0.25, 0.3) is 27.9 Å². The molecule has 3 aromatic carbocycles. The van der Waals surface area contributed by atoms with Crippen molar-refractivity contribution >= 4 is 45.3 Å². The molecular formula is C26H19IN2O2S. The maximum absolute atomic E-state index is 12.7. The molecule has 0 aliphatic rings. The van der Waals surface area contributed by atoms with E-state index in [1.54, 1.807) is 17.8 Å². The molecule has 0 aliphatic carbocycles. The molecule has 0 N–H and O–H groups in total. The van der Waals surface area contributed by atoms with Gasteiger partial charge in [0.2, 0.25) is 0 Å². The van der Waals surface area contributed by atoms with Crippen molar-refractivity contribution in [2.24, 2.45) is 0 Å². The molecule has 0 radical (unpaired) electrons. The first-order valence-corrected chi connectivity index (χ1v) is 12.2. The largest absolute Gasteiger partial charge is 0.422 e. The standard InChI is InChI=1S/C26H19IN2O2S/c1-17-5-4-6-18(13-17)16-32-26-28-23(15-29(26)21-11-9-20(27)10-12-21)22-14-19-7-2-3-8-24(19)31-25(22)30/h2-15H,16H2,1H3. The lowest BCUT2D eigenvalue weighted by Crippen LogP contribution is -2.02. The van der Waals surface area contributed by atoms with E-state index in [1.807, 2.05) is 35.0 Å². The Kier molecular flexibility index (Phi) is 5.89. The second-order valence-corrected chi connectivity index (χ2v) is 9.71. The molecule has 0 bridgehead atoms. The number of thioether (sulfide) groups is 1. The van der Waals surface area contributed by atoms with E-state index in [9.17, 15) is 4.79 Å². The Hall–Kier alpha value is -2.84. The van der Waals surface area contributed by atoms with E-state index in [4.69, 9.17) is 9.40 Å². The van der Waals surface area contributed by atoms with Gasteiger partial charge in [-0.1, -0.05) is 59.8 Å². The monoisotopic (exact) mass is 550 g/mol. The molecular weight excluding hydrogens is 531 g/mol. The molecule has 158 valence electrons. The van der Waals surface area contributed by atoms with Gasteiger partial charge in [0.05, 0.1) is 11.3 Å². The Balaban J connectivity index is 1.58. The predicted molar refractivity (Wildman–Crippen MR) is 138 cm³/mol. The molecule has 0 amide bonds. The van der Waals surface area contributed by atoms with E-state index in [0.717, 1.165) is 25.6 Å². The fourth-order valence-electron chi connectivity index (χ4n) is 3.57. The normalized spacial score (nSPS) is 11.2. The highest BCUT2D eigenvalue weighted by atomic mass is 127. The molecule has 0 atom stereocenters. The number of imidazole rings is 1. The molecule has 6 heteroatoms. The Bertz CT molecular complexity index is 1470. The van der Waals surface area contributed by atoms with Gasteiger partial charge in [0.15, 0.2) is 5.16 Å². The van der Waals surface area contributed by atoms with Gasteiger partial charge < -0.3 is 4.42 Å². The van der Waals surface area contributed by atoms with E-state index in [2.05, 4.69) is 78.0 Å². The molecule has 0 saturated carbocycles. The van der Waals surface area contributed by atoms with E-state index in [1.165, 1.54) is 11.1 Å². The number of aromatic nitrogens is 2. The van der Waals surface area contributed by atoms with Crippen LogP contribution < -0.4 is 5.63 Å². The van der Waals surface area contributed by atoms with Gasteiger partial charge >= 0.3 is 5.63 Å². The van der Waals surface area contributed by atoms with Crippen molar-refractivity contribution in [3.05, 3.63) is 110 Å². The highest BCUT2D eigenvalue weighted by Crippen LogP contribution is 2.30. The van der Waals surface area contributed by atoms with Crippen LogP contribution in [0.15, 0.2) is 99.4 Å². The van der Waals surface area contributed by atoms with Crippen molar-refractivity contribution in [3.63, 3.8) is 0 Å². The molecule has 0 saturated heterocycles. The summed E-state index contributed by atoms with van der Waals surface area (Å²) < 4.78 is 8.75. The summed E-state index contributed by atoms with van der Waals surface area (Å²) in [7, 11) is 0. The first-order chi connectivity index (χ1) is 15.6. The number of benzene rings is 3. The van der Waals surface area contributed by atoms with Crippen LogP contribution in [0.3, 0.4) is 0 Å². The summed E-state index contributed by atoms with van der Waals surface area (Å²) in [5.41, 5.74) is 4.73. The quantitative estimate of drug-likeness (QED) is 0.136. The van der Waals surface area contributed by atoms with Crippen LogP contribution in [0.5, 0.6) is 0 Å². The van der Waals surface area contributed by atoms with Crippen LogP contribution in [-0.2, 0) is 5.75 Å². The molecule has 4 nitrogen and oxygen atoms in total. The average Bonchev–Trinajstić information content (AvgIpc) is 3.22. The Morgan fingerprint density at radius 3 is 2.62 bits per heavy atom. The number of halogens is 1. The molecule has 0 spiro atoms. The summed E-state index contributed by atoms with van der Waals surface area (Å²) in [6, 6.07) is 26.1. The second kappa shape index (κ2) is 8.96. The predicted octanol–water partition coefficient (Wildman–Crippen LogP) is 6.85. The zero-order valence-corrected chi connectivity index (χ0v) is 20.3. The minimum Gasteiger partial charge on any atom is -0.422 e. The van der Waals surface area contributed by atoms with Crippen LogP contribution >= 0.6 is 34.4 Å². The van der Waals surface area contributed by atoms with Gasteiger partial charge in [-0.05, 0) is 71.5 Å². The van der Waals surface area contributed by atoms with Crippen molar-refractivity contribution in [3.8, 4) is 16.9 Å². The summed E-state index contributed by atoms with van der Waals surface area (Å²) >= 11 is 3.95. The number of aryl methyl sites for hydroxylation is 1. The van der Waals surface area contributed by atoms with Gasteiger partial charge in [-0.3, -0.25) is 4.57 Å². The van der Waals surface area contributed by atoms with Gasteiger partial charge in [-0.15, -0.1) is 0 Å². The first-order valence-electron chi connectivity index (χ1n) is 10.1. The van der Waals surface area contributed by atoms with Crippen molar-refractivity contribution in [1.29, 1.82) is 0 Å². The van der Waals surface area contributed by atoms with Gasteiger partial charge in [0.1, 0.15) is 5.58 Å². The molecule has 2 heterocycles. The summed E-state index contributed by atoms with van der Waals surface area (Å²) in [5, 5.41) is 1.70. The number of nitrogens with zero attached hydrogens (tertiary/aromatic N) is 2. The first kappa shape index (κ1) is 21.0. The average molecular weight is 550 g/mol. The molecule has 5 rings (SSSR count). The van der Waals surface area contributed by atoms with E-state index in [-0.39, 0.29) is 5.63 Å². The summed E-state index contributed by atoms with van der Waals surface area (Å²) in [4.78, 5) is 17.6. The molecule has 2 aromatic heterocycles. The van der Waals surface area contributed by atoms with Gasteiger partial charge in [-0.25, -0.2) is 9.78 Å². The summed E-state index contributed by atoms with van der Waals surface area (Å²) in [5.74, 6) is 0.787. The highest BCUT2D eigenvalue weighted by Gasteiger charge is 2.16. The lowest BCUT2D eigenvalue weighted by atomic mass is 10.1. The van der Waals surface area contributed by atoms with Crippen LogP contribution in [-0.4, -0.2) is 9.55 Å². The molecule has 0 unspecified atom stereocenters. The minimum absolute atomic E-state index is 0.383. The third-order valence-corrected chi connectivity index (χ3v) is 6.89. The summed E-state index contributed by atoms with van der Waals surface area (Å²) in [6.45, 7) is 2.10. The number of rotatable bonds is 5. The summed E-state index contributed by atoms with van der Waals surface area (Å²) in [6.07, 6.45) is 1.92. The number of hydrogen-bond acceptors (Lipinski definition) is 4. The lowest BCUT2D eigenvalue weighted by Gasteiger charge is -2.08. The van der Waals surface area contributed by atoms with Crippen molar-refractivity contribution in [2.75, 3.05) is 0 Å². The zero-order valence-electron chi connectivity index (χ0n) is 17.3. The van der Waals surface area contributed by atoms with Gasteiger partial charge in [-0.2, -0.15) is 0 Å². The topological polar surface area (TPSA) is 48.0 Å². The molecule has 0 fully saturated rings. The minimum atomic E-state index is -0.383. The van der Waals surface area contributed by atoms with E-state index < -0.39 is 0 Å². The molecule has 5 aromatic rings. The fraction of sp³-hybridized carbons (Fsp3) is 0.0769. The smallest absolute Gasteiger partial charge is 0.345 e. The number of hydrogen-bond donors (Lipinski definition) is 0. The highest BCUT2D eigenvalue weighted by molar-refractivity contribution is 14.1. The van der Waals surface area contributed by atoms with Crippen LogP contribution in [0.2, 0.25) is 0 Å². The second-order valence-electron chi connectivity index (χ2n) is 7.52. The van der Waals surface area contributed by atoms with Crippen molar-refractivity contribution in [2.45, 2.75) is 17.8 Å². The number of fused-ring (bicyclic) bond motifs is 1. The Morgan fingerprint density at radius 2 is 1.81 bits per heavy atom. The van der Waals surface area contributed by atoms with Crippen LogP contribution in [0, 0.1) is 10.5 Å². The van der Waals surface area contributed by atoms with E-state index >= 15 is 0 Å². The van der Waals surface area contributed by atoms with Crippen molar-refractivity contribution in [1.82, 2.24) is 9.55 Å². The lowest BCUT2D eigenvalue weighted by molar-refractivity contribution is 0.563. The Morgan fingerprint density at radius 1 is 1.00 bits per heavy atom. The zero-order chi connectivity index (χ0) is 22.1. The van der Waals surface area contributed by atoms with Crippen LogP contribution in [0.1, 0.15) is 11.1 Å². The Labute approximate surface area is 203 Å². The molecule has 32 heavy (non-hydrogen) atoms. The van der Waals surface area contributed by atoms with Gasteiger partial charge in [0, 0.05) is 26.6 Å². The fourth-order valence-corrected chi connectivity index (χ4v) is 4.87. The molecule has 0 aliphatic heterocycles. The van der Waals surface area contributed by atoms with Gasteiger partial charge in [0.25, 0.3) is 0 Å². The SMILES string of the molecule is Cc1cccc(CSc2nc(-c3cc4ccccc4oc3=O)cn2-c2ccc(I)cc2)c1. The number of para-hydroxylation sites is 1. The van der Waals surface area contributed by atoms with Crippen molar-refractivity contribution < 1.29 is 4.42 Å². The third kappa shape index (κ3) is 4.38. The van der Waals surface area contributed by atoms with Crippen LogP contribution in [0.4, 0.5) is 0 Å². The maximum atomic E-state index is 12.7. The van der Waals surface area contributed by atoms with E-state index in [0.29, 0.717) is 16.8 Å².